The van der Waals surface area contributed by atoms with Crippen molar-refractivity contribution in [2.45, 2.75) is 38.6 Å². The van der Waals surface area contributed by atoms with Crippen molar-refractivity contribution < 1.29 is 14.3 Å². The average Bonchev–Trinajstić information content (AvgIpc) is 3.17. The summed E-state index contributed by atoms with van der Waals surface area (Å²) in [6.07, 6.45) is 8.70. The maximum atomic E-state index is 12.7. The van der Waals surface area contributed by atoms with Crippen LogP contribution >= 0.6 is 0 Å². The van der Waals surface area contributed by atoms with Crippen LogP contribution < -0.4 is 0 Å². The summed E-state index contributed by atoms with van der Waals surface area (Å²) in [5.41, 5.74) is 0.163. The fourth-order valence-corrected chi connectivity index (χ4v) is 4.01. The number of hydrogen-bond donors (Lipinski definition) is 0. The molecule has 1 aromatic heterocycles. The van der Waals surface area contributed by atoms with E-state index < -0.39 is 0 Å². The van der Waals surface area contributed by atoms with E-state index in [1.165, 1.54) is 0 Å². The summed E-state index contributed by atoms with van der Waals surface area (Å²) < 4.78 is 6.97. The average molecular weight is 348 g/mol. The fraction of sp³-hybridized carbons (Fsp3) is 0.722. The molecule has 0 bridgehead atoms. The topological polar surface area (TPSA) is 67.7 Å². The highest BCUT2D eigenvalue weighted by atomic mass is 16.5. The Morgan fingerprint density at radius 3 is 2.76 bits per heavy atom. The number of carbonyl (C=O) groups is 2. The molecule has 1 atom stereocenters. The Bertz CT molecular complexity index is 593. The number of amides is 2. The lowest BCUT2D eigenvalue weighted by atomic mass is 9.72. The summed E-state index contributed by atoms with van der Waals surface area (Å²) in [6.45, 7) is 5.50. The van der Waals surface area contributed by atoms with E-state index in [4.69, 9.17) is 4.74 Å². The maximum Gasteiger partial charge on any atom is 0.245 e. The number of methoxy groups -OCH3 is 1. The third-order valence-corrected chi connectivity index (χ3v) is 5.78. The molecule has 0 radical (unpaired) electrons. The van der Waals surface area contributed by atoms with Gasteiger partial charge in [-0.05, 0) is 31.6 Å². The summed E-state index contributed by atoms with van der Waals surface area (Å²) in [6, 6.07) is -0.220. The first-order chi connectivity index (χ1) is 12.0. The molecular weight excluding hydrogens is 320 g/mol. The van der Waals surface area contributed by atoms with Crippen LogP contribution in [0.3, 0.4) is 0 Å². The normalized spacial score (nSPS) is 21.6. The van der Waals surface area contributed by atoms with Gasteiger partial charge in [-0.1, -0.05) is 0 Å². The zero-order chi connectivity index (χ0) is 17.9. The minimum absolute atomic E-state index is 0.149. The van der Waals surface area contributed by atoms with Crippen molar-refractivity contribution in [2.75, 3.05) is 39.9 Å². The number of imidazole rings is 1. The number of hydrogen-bond acceptors (Lipinski definition) is 4. The third kappa shape index (κ3) is 3.86. The second-order valence-corrected chi connectivity index (χ2v) is 7.32. The number of nitrogens with zero attached hydrogens (tertiary/aromatic N) is 4. The summed E-state index contributed by atoms with van der Waals surface area (Å²) in [4.78, 5) is 32.8. The molecule has 1 spiro atoms. The Hall–Kier alpha value is -1.89. The molecule has 0 aromatic carbocycles. The van der Waals surface area contributed by atoms with Gasteiger partial charge < -0.3 is 19.1 Å². The zero-order valence-electron chi connectivity index (χ0n) is 15.2. The van der Waals surface area contributed by atoms with Crippen LogP contribution in [0.25, 0.3) is 0 Å². The van der Waals surface area contributed by atoms with E-state index in [1.54, 1.807) is 19.6 Å². The molecule has 0 saturated carbocycles. The zero-order valence-corrected chi connectivity index (χ0v) is 15.2. The van der Waals surface area contributed by atoms with Crippen LogP contribution in [0.2, 0.25) is 0 Å². The maximum absolute atomic E-state index is 12.7. The van der Waals surface area contributed by atoms with E-state index in [0.29, 0.717) is 19.6 Å². The van der Waals surface area contributed by atoms with Crippen molar-refractivity contribution in [1.82, 2.24) is 19.4 Å². The third-order valence-electron chi connectivity index (χ3n) is 5.78. The van der Waals surface area contributed by atoms with E-state index in [1.807, 2.05) is 27.5 Å². The summed E-state index contributed by atoms with van der Waals surface area (Å²) in [7, 11) is 1.66. The standard InChI is InChI=1S/C18H28N4O3/c1-15(22-10-7-19-14-22)17(24)20-8-5-18(6-9-20)4-3-16(23)21(13-18)11-12-25-2/h7,10,14-15H,3-6,8-9,11-13H2,1-2H3/t15-/m1/s1. The highest BCUT2D eigenvalue weighted by Crippen LogP contribution is 2.40. The fourth-order valence-electron chi connectivity index (χ4n) is 4.01. The van der Waals surface area contributed by atoms with Gasteiger partial charge in [0.1, 0.15) is 6.04 Å². The van der Waals surface area contributed by atoms with E-state index in [9.17, 15) is 9.59 Å². The van der Waals surface area contributed by atoms with Crippen LogP contribution in [0.5, 0.6) is 0 Å². The molecule has 2 saturated heterocycles. The van der Waals surface area contributed by atoms with Crippen molar-refractivity contribution in [1.29, 1.82) is 0 Å². The predicted octanol–water partition coefficient (Wildman–Crippen LogP) is 1.32. The van der Waals surface area contributed by atoms with Gasteiger partial charge in [0.05, 0.1) is 12.9 Å². The molecule has 138 valence electrons. The molecule has 1 aromatic rings. The number of rotatable bonds is 5. The largest absolute Gasteiger partial charge is 0.383 e. The summed E-state index contributed by atoms with van der Waals surface area (Å²) in [5.74, 6) is 0.380. The van der Waals surface area contributed by atoms with E-state index in [0.717, 1.165) is 38.9 Å². The van der Waals surface area contributed by atoms with Gasteiger partial charge in [-0.25, -0.2) is 4.98 Å². The quantitative estimate of drug-likeness (QED) is 0.805. The number of likely N-dealkylation sites (tertiary alicyclic amines) is 2. The Labute approximate surface area is 148 Å². The van der Waals surface area contributed by atoms with Crippen LogP contribution in [0.4, 0.5) is 0 Å². The number of piperidine rings is 2. The van der Waals surface area contributed by atoms with Crippen LogP contribution in [0.15, 0.2) is 18.7 Å². The molecule has 3 heterocycles. The molecular formula is C18H28N4O3. The highest BCUT2D eigenvalue weighted by molar-refractivity contribution is 5.80. The SMILES string of the molecule is COCCN1CC2(CCC1=O)CCN(C(=O)[C@@H](C)n1ccnc1)CC2. The molecule has 0 unspecified atom stereocenters. The van der Waals surface area contributed by atoms with Crippen molar-refractivity contribution in [3.63, 3.8) is 0 Å². The van der Waals surface area contributed by atoms with Crippen LogP contribution in [-0.4, -0.2) is 71.1 Å². The molecule has 0 N–H and O–H groups in total. The Kier molecular flexibility index (Phi) is 5.42. The predicted molar refractivity (Wildman–Crippen MR) is 92.9 cm³/mol. The van der Waals surface area contributed by atoms with Gasteiger partial charge in [0.25, 0.3) is 0 Å². The molecule has 7 heteroatoms. The van der Waals surface area contributed by atoms with Crippen LogP contribution in [-0.2, 0) is 14.3 Å². The van der Waals surface area contributed by atoms with E-state index >= 15 is 0 Å². The lowest BCUT2D eigenvalue weighted by Gasteiger charge is -2.47. The minimum Gasteiger partial charge on any atom is -0.383 e. The Morgan fingerprint density at radius 1 is 1.36 bits per heavy atom. The lowest BCUT2D eigenvalue weighted by molar-refractivity contribution is -0.144. The van der Waals surface area contributed by atoms with Gasteiger partial charge in [-0.3, -0.25) is 9.59 Å². The second-order valence-electron chi connectivity index (χ2n) is 7.32. The number of carbonyl (C=O) groups excluding carboxylic acids is 2. The van der Waals surface area contributed by atoms with Crippen molar-refractivity contribution in [3.8, 4) is 0 Å². The highest BCUT2D eigenvalue weighted by Gasteiger charge is 2.42. The molecule has 0 aliphatic carbocycles. The van der Waals surface area contributed by atoms with Gasteiger partial charge >= 0.3 is 0 Å². The first-order valence-corrected chi connectivity index (χ1v) is 9.08. The first-order valence-electron chi connectivity index (χ1n) is 9.08. The minimum atomic E-state index is -0.220. The lowest BCUT2D eigenvalue weighted by Crippen LogP contribution is -2.53. The Morgan fingerprint density at radius 2 is 2.12 bits per heavy atom. The molecule has 2 fully saturated rings. The van der Waals surface area contributed by atoms with Gasteiger partial charge in [-0.2, -0.15) is 0 Å². The van der Waals surface area contributed by atoms with Crippen molar-refractivity contribution in [3.05, 3.63) is 18.7 Å². The molecule has 7 nitrogen and oxygen atoms in total. The van der Waals surface area contributed by atoms with Crippen LogP contribution in [0.1, 0.15) is 38.6 Å². The monoisotopic (exact) mass is 348 g/mol. The van der Waals surface area contributed by atoms with E-state index in [2.05, 4.69) is 4.98 Å². The van der Waals surface area contributed by atoms with Crippen LogP contribution in [0, 0.1) is 5.41 Å². The van der Waals surface area contributed by atoms with Crippen molar-refractivity contribution >= 4 is 11.8 Å². The molecule has 3 rings (SSSR count). The molecule has 2 aliphatic heterocycles. The van der Waals surface area contributed by atoms with Crippen molar-refractivity contribution in [2.24, 2.45) is 5.41 Å². The van der Waals surface area contributed by atoms with Gasteiger partial charge in [0.2, 0.25) is 11.8 Å². The van der Waals surface area contributed by atoms with Gasteiger partial charge in [0.15, 0.2) is 0 Å². The second kappa shape index (κ2) is 7.56. The summed E-state index contributed by atoms with van der Waals surface area (Å²) in [5, 5.41) is 0. The molecule has 2 aliphatic rings. The van der Waals surface area contributed by atoms with E-state index in [-0.39, 0.29) is 23.3 Å². The summed E-state index contributed by atoms with van der Waals surface area (Å²) >= 11 is 0. The molecule has 2 amide bonds. The Balaban J connectivity index is 1.57. The van der Waals surface area contributed by atoms with Gasteiger partial charge in [-0.15, -0.1) is 0 Å². The number of ether oxygens (including phenoxy) is 1. The first kappa shape index (κ1) is 17.9. The number of aromatic nitrogens is 2. The van der Waals surface area contributed by atoms with Gasteiger partial charge in [0, 0.05) is 52.1 Å². The molecule has 25 heavy (non-hydrogen) atoms. The smallest absolute Gasteiger partial charge is 0.245 e.